The summed E-state index contributed by atoms with van der Waals surface area (Å²) in [5.74, 6) is 0.0515. The summed E-state index contributed by atoms with van der Waals surface area (Å²) >= 11 is 0. The van der Waals surface area contributed by atoms with Gasteiger partial charge < -0.3 is 35.2 Å². The fourth-order valence-electron chi connectivity index (χ4n) is 2.60. The topological polar surface area (TPSA) is 233 Å². The van der Waals surface area contributed by atoms with Crippen LogP contribution in [0.3, 0.4) is 0 Å². The van der Waals surface area contributed by atoms with Crippen molar-refractivity contribution in [3.05, 3.63) is 12.7 Å². The third-order valence-electron chi connectivity index (χ3n) is 3.64. The molecule has 4 atom stereocenters. The fourth-order valence-corrected chi connectivity index (χ4v) is 3.52. The number of aliphatic hydroxyl groups excluding tert-OH is 1. The van der Waals surface area contributed by atoms with Gasteiger partial charge in [-0.15, -0.1) is 0 Å². The molecule has 0 saturated carbocycles. The van der Waals surface area contributed by atoms with E-state index in [-0.39, 0.29) is 46.5 Å². The molecule has 1 radical (unpaired) electrons. The Kier molecular flexibility index (Phi) is 7.38. The molecular weight excluding hydrogens is 435 g/mol. The maximum absolute atomic E-state index is 11.2. The van der Waals surface area contributed by atoms with E-state index in [1.807, 2.05) is 0 Å². The van der Waals surface area contributed by atoms with E-state index in [0.29, 0.717) is 0 Å². The Balaban J connectivity index is 0.00000280. The minimum absolute atomic E-state index is 0. The van der Waals surface area contributed by atoms with E-state index in [1.54, 1.807) is 0 Å². The van der Waals surface area contributed by atoms with Gasteiger partial charge in [-0.1, -0.05) is 0 Å². The Morgan fingerprint density at radius 3 is 2.46 bits per heavy atom. The number of anilines is 1. The molecule has 7 N–H and O–H groups in total. The van der Waals surface area contributed by atoms with Crippen molar-refractivity contribution in [1.29, 1.82) is 0 Å². The van der Waals surface area contributed by atoms with Crippen LogP contribution in [0.5, 0.6) is 0 Å². The molecule has 28 heavy (non-hydrogen) atoms. The first-order chi connectivity index (χ1) is 12.5. The molecule has 0 amide bonds. The molecule has 0 bridgehead atoms. The summed E-state index contributed by atoms with van der Waals surface area (Å²) in [6, 6.07) is 0. The number of nitrogens with zero attached hydrogens (tertiary/aromatic N) is 4. The summed E-state index contributed by atoms with van der Waals surface area (Å²) in [5.41, 5.74) is 6.01. The summed E-state index contributed by atoms with van der Waals surface area (Å²) < 4.78 is 37.6. The van der Waals surface area contributed by atoms with E-state index in [4.69, 9.17) is 30.0 Å². The van der Waals surface area contributed by atoms with Crippen molar-refractivity contribution in [3.8, 4) is 0 Å². The quantitative estimate of drug-likeness (QED) is 0.204. The van der Waals surface area contributed by atoms with Gasteiger partial charge in [0.1, 0.15) is 30.2 Å². The van der Waals surface area contributed by atoms with Gasteiger partial charge in [0.05, 0.1) is 12.9 Å². The molecule has 0 spiro atoms. The number of hydrogen-bond donors (Lipinski definition) is 6. The van der Waals surface area contributed by atoms with Gasteiger partial charge in [-0.3, -0.25) is 13.6 Å². The van der Waals surface area contributed by atoms with E-state index in [9.17, 15) is 14.2 Å². The Morgan fingerprint density at radius 1 is 1.18 bits per heavy atom. The van der Waals surface area contributed by atoms with Gasteiger partial charge in [0, 0.05) is 29.6 Å². The average Bonchev–Trinajstić information content (AvgIpc) is 3.07. The molecule has 15 nitrogen and oxygen atoms in total. The molecule has 1 fully saturated rings. The van der Waals surface area contributed by atoms with Crippen molar-refractivity contribution in [3.63, 3.8) is 0 Å². The summed E-state index contributed by atoms with van der Waals surface area (Å²) in [6.07, 6.45) is -3.75. The van der Waals surface area contributed by atoms with E-state index in [2.05, 4.69) is 24.0 Å². The number of aromatic nitrogens is 4. The number of phosphoric acid groups is 2. The largest absolute Gasteiger partial charge is 0.470 e. The van der Waals surface area contributed by atoms with Crippen LogP contribution >= 0.6 is 15.6 Å². The van der Waals surface area contributed by atoms with Gasteiger partial charge in [0.15, 0.2) is 17.7 Å². The molecule has 1 aliphatic rings. The van der Waals surface area contributed by atoms with Gasteiger partial charge in [-0.25, -0.2) is 24.1 Å². The minimum Gasteiger partial charge on any atom is -0.386 e. The third-order valence-corrected chi connectivity index (χ3v) is 4.64. The number of rotatable bonds is 6. The molecule has 1 aliphatic heterocycles. The van der Waals surface area contributed by atoms with Crippen LogP contribution in [-0.4, -0.2) is 98.7 Å². The summed E-state index contributed by atoms with van der Waals surface area (Å²) in [6.45, 7) is -0.813. The monoisotopic (exact) mass is 450 g/mol. The first-order valence-corrected chi connectivity index (χ1v) is 10.2. The van der Waals surface area contributed by atoms with Crippen molar-refractivity contribution in [2.45, 2.75) is 24.5 Å². The predicted octanol–water partition coefficient (Wildman–Crippen LogP) is -2.13. The van der Waals surface area contributed by atoms with Crippen LogP contribution in [0.1, 0.15) is 6.23 Å². The number of nitrogens with two attached hydrogens (primary N) is 1. The number of nitrogen functional groups attached to an aromatic ring is 1. The summed E-state index contributed by atoms with van der Waals surface area (Å²) in [4.78, 5) is 47.4. The molecule has 2 aromatic rings. The van der Waals surface area contributed by atoms with Gasteiger partial charge >= 0.3 is 15.6 Å². The third kappa shape index (κ3) is 5.34. The van der Waals surface area contributed by atoms with Crippen LogP contribution in [0.15, 0.2) is 12.7 Å². The zero-order valence-electron chi connectivity index (χ0n) is 14.2. The zero-order valence-corrected chi connectivity index (χ0v) is 18.0. The smallest absolute Gasteiger partial charge is 0.386 e. The average molecular weight is 450 g/mol. The Labute approximate surface area is 178 Å². The Bertz CT molecular complexity index is 932. The van der Waals surface area contributed by atoms with Gasteiger partial charge in [0.25, 0.3) is 0 Å². The van der Waals surface area contributed by atoms with Gasteiger partial charge in [-0.2, -0.15) is 0 Å². The van der Waals surface area contributed by atoms with Crippen LogP contribution < -0.4 is 5.73 Å². The van der Waals surface area contributed by atoms with E-state index in [1.165, 1.54) is 10.9 Å². The Morgan fingerprint density at radius 2 is 1.86 bits per heavy atom. The first kappa shape index (κ1) is 23.8. The van der Waals surface area contributed by atoms with E-state index in [0.717, 1.165) is 6.33 Å². The van der Waals surface area contributed by atoms with E-state index >= 15 is 0 Å². The van der Waals surface area contributed by atoms with Crippen LogP contribution in [0.2, 0.25) is 0 Å². The SMILES string of the molecule is Nc1ncnc2c1ncn2[C@@H]1O[C@H](COP(=O)(O)O)[C@@H](OP(=O)(O)O)[C@H]1O.[Na]. The van der Waals surface area contributed by atoms with Crippen molar-refractivity contribution in [2.24, 2.45) is 0 Å². The van der Waals surface area contributed by atoms with Crippen molar-refractivity contribution in [1.82, 2.24) is 19.5 Å². The maximum atomic E-state index is 11.2. The molecule has 0 aliphatic carbocycles. The van der Waals surface area contributed by atoms with Crippen LogP contribution in [0.4, 0.5) is 5.82 Å². The molecule has 3 rings (SSSR count). The normalized spacial score (nSPS) is 25.8. The zero-order chi connectivity index (χ0) is 20.0. The minimum atomic E-state index is -5.07. The number of imidazole rings is 1. The second-order valence-electron chi connectivity index (χ2n) is 5.49. The van der Waals surface area contributed by atoms with Crippen molar-refractivity contribution >= 4 is 62.2 Å². The maximum Gasteiger partial charge on any atom is 0.470 e. The first-order valence-electron chi connectivity index (χ1n) is 7.17. The molecule has 1 saturated heterocycles. The molecule has 151 valence electrons. The van der Waals surface area contributed by atoms with Gasteiger partial charge in [-0.05, 0) is 0 Å². The van der Waals surface area contributed by atoms with Gasteiger partial charge in [0.2, 0.25) is 0 Å². The molecule has 18 heteroatoms. The Hall–Kier alpha value is -0.510. The molecule has 0 aromatic carbocycles. The number of hydrogen-bond acceptors (Lipinski definition) is 10. The summed E-state index contributed by atoms with van der Waals surface area (Å²) in [7, 11) is -9.98. The van der Waals surface area contributed by atoms with Crippen LogP contribution in [0, 0.1) is 0 Å². The second kappa shape index (κ2) is 8.70. The second-order valence-corrected chi connectivity index (χ2v) is 7.92. The number of ether oxygens (including phenoxy) is 1. The number of phosphoric ester groups is 2. The number of aliphatic hydroxyl groups is 1. The predicted molar refractivity (Wildman–Crippen MR) is 90.3 cm³/mol. The molecule has 0 unspecified atom stereocenters. The molecule has 3 heterocycles. The summed E-state index contributed by atoms with van der Waals surface area (Å²) in [5, 5.41) is 10.4. The molecular formula is C10H15N5NaO10P2. The van der Waals surface area contributed by atoms with Crippen LogP contribution in [0.25, 0.3) is 11.2 Å². The molecule has 2 aromatic heterocycles. The fraction of sp³-hybridized carbons (Fsp3) is 0.500. The van der Waals surface area contributed by atoms with Crippen LogP contribution in [-0.2, 0) is 22.9 Å². The van der Waals surface area contributed by atoms with Crippen molar-refractivity contribution in [2.75, 3.05) is 12.3 Å². The van der Waals surface area contributed by atoms with Crippen molar-refractivity contribution < 1.29 is 47.6 Å². The number of fused-ring (bicyclic) bond motifs is 1. The standard InChI is InChI=1S/C10H15N5O10P2.Na/c11-8-5-9(13-2-12-8)15(3-14-5)10-6(16)7(25-27(20,21)22)4(24-10)1-23-26(17,18)19;/h2-4,6-7,10,16H,1H2,(H2,11,12,13)(H2,17,18,19)(H2,20,21,22);/t4-,6-,7-,10-;/m1./s1. The van der Waals surface area contributed by atoms with E-state index < -0.39 is 46.8 Å².